The highest BCUT2D eigenvalue weighted by Crippen LogP contribution is 2.30. The van der Waals surface area contributed by atoms with E-state index in [1.165, 1.54) is 18.4 Å². The molecular formula is C14H21N3. The van der Waals surface area contributed by atoms with Crippen molar-refractivity contribution in [2.24, 2.45) is 5.73 Å². The van der Waals surface area contributed by atoms with E-state index in [-0.39, 0.29) is 6.04 Å². The van der Waals surface area contributed by atoms with Crippen LogP contribution in [0, 0.1) is 5.41 Å². The third kappa shape index (κ3) is 3.07. The van der Waals surface area contributed by atoms with Crippen molar-refractivity contribution in [2.45, 2.75) is 44.8 Å². The molecule has 0 amide bonds. The zero-order chi connectivity index (χ0) is 12.3. The van der Waals surface area contributed by atoms with Crippen LogP contribution in [0.3, 0.4) is 0 Å². The third-order valence-corrected chi connectivity index (χ3v) is 3.37. The fraction of sp³-hybridized carbons (Fsp3) is 0.500. The van der Waals surface area contributed by atoms with Gasteiger partial charge in [-0.1, -0.05) is 37.3 Å². The van der Waals surface area contributed by atoms with E-state index in [9.17, 15) is 0 Å². The Labute approximate surface area is 103 Å². The van der Waals surface area contributed by atoms with Gasteiger partial charge in [0.15, 0.2) is 0 Å². The van der Waals surface area contributed by atoms with E-state index in [4.69, 9.17) is 11.1 Å². The average Bonchev–Trinajstić information content (AvgIpc) is 3.13. The molecule has 0 spiro atoms. The van der Waals surface area contributed by atoms with Crippen molar-refractivity contribution in [3.05, 3.63) is 35.9 Å². The van der Waals surface area contributed by atoms with Gasteiger partial charge in [-0.2, -0.15) is 0 Å². The first-order valence-corrected chi connectivity index (χ1v) is 6.36. The van der Waals surface area contributed by atoms with E-state index in [1.54, 1.807) is 0 Å². The number of nitrogens with zero attached hydrogens (tertiary/aromatic N) is 1. The summed E-state index contributed by atoms with van der Waals surface area (Å²) in [6.45, 7) is 3.01. The lowest BCUT2D eigenvalue weighted by molar-refractivity contribution is 0.216. The Morgan fingerprint density at radius 2 is 2.06 bits per heavy atom. The predicted molar refractivity (Wildman–Crippen MR) is 71.0 cm³/mol. The molecule has 1 saturated carbocycles. The summed E-state index contributed by atoms with van der Waals surface area (Å²) in [6, 6.07) is 11.2. The lowest BCUT2D eigenvalue weighted by Gasteiger charge is -2.30. The monoisotopic (exact) mass is 231 g/mol. The van der Waals surface area contributed by atoms with Crippen molar-refractivity contribution in [2.75, 3.05) is 0 Å². The van der Waals surface area contributed by atoms with Gasteiger partial charge in [0.1, 0.15) is 5.84 Å². The Balaban J connectivity index is 2.09. The molecule has 3 N–H and O–H groups in total. The zero-order valence-corrected chi connectivity index (χ0v) is 10.4. The van der Waals surface area contributed by atoms with Gasteiger partial charge < -0.3 is 5.73 Å². The van der Waals surface area contributed by atoms with Crippen molar-refractivity contribution < 1.29 is 0 Å². The van der Waals surface area contributed by atoms with Crippen molar-refractivity contribution >= 4 is 5.84 Å². The Morgan fingerprint density at radius 3 is 2.53 bits per heavy atom. The highest BCUT2D eigenvalue weighted by Gasteiger charge is 2.34. The lowest BCUT2D eigenvalue weighted by Crippen LogP contribution is -2.44. The van der Waals surface area contributed by atoms with Crippen LogP contribution in [0.2, 0.25) is 0 Å². The summed E-state index contributed by atoms with van der Waals surface area (Å²) in [7, 11) is 0. The smallest absolute Gasteiger partial charge is 0.108 e. The van der Waals surface area contributed by atoms with Crippen LogP contribution >= 0.6 is 0 Å². The molecule has 1 unspecified atom stereocenters. The highest BCUT2D eigenvalue weighted by molar-refractivity contribution is 5.82. The van der Waals surface area contributed by atoms with Gasteiger partial charge >= 0.3 is 0 Å². The van der Waals surface area contributed by atoms with E-state index in [2.05, 4.69) is 36.1 Å². The van der Waals surface area contributed by atoms with Crippen molar-refractivity contribution in [3.63, 3.8) is 0 Å². The Morgan fingerprint density at radius 1 is 1.41 bits per heavy atom. The van der Waals surface area contributed by atoms with Crippen LogP contribution in [-0.2, 0) is 6.54 Å². The van der Waals surface area contributed by atoms with Gasteiger partial charge in [0.05, 0.1) is 6.04 Å². The molecule has 0 heterocycles. The summed E-state index contributed by atoms with van der Waals surface area (Å²) in [5.74, 6) is 0.301. The summed E-state index contributed by atoms with van der Waals surface area (Å²) in [4.78, 5) is 2.39. The van der Waals surface area contributed by atoms with Crippen LogP contribution in [-0.4, -0.2) is 22.8 Å². The minimum absolute atomic E-state index is 0.0997. The second-order valence-corrected chi connectivity index (χ2v) is 4.77. The van der Waals surface area contributed by atoms with Crippen molar-refractivity contribution in [1.82, 2.24) is 4.90 Å². The number of hydrogen-bond acceptors (Lipinski definition) is 2. The first kappa shape index (κ1) is 12.1. The normalized spacial score (nSPS) is 17.1. The van der Waals surface area contributed by atoms with Crippen LogP contribution < -0.4 is 5.73 Å². The van der Waals surface area contributed by atoms with Crippen LogP contribution in [0.15, 0.2) is 30.3 Å². The van der Waals surface area contributed by atoms with E-state index < -0.39 is 0 Å². The molecule has 0 aromatic heterocycles. The van der Waals surface area contributed by atoms with Gasteiger partial charge in [-0.15, -0.1) is 0 Å². The minimum Gasteiger partial charge on any atom is -0.386 e. The molecule has 1 fully saturated rings. The molecule has 1 aromatic rings. The maximum Gasteiger partial charge on any atom is 0.108 e. The number of nitrogens with one attached hydrogen (secondary N) is 1. The van der Waals surface area contributed by atoms with Crippen molar-refractivity contribution in [3.8, 4) is 0 Å². The van der Waals surface area contributed by atoms with E-state index >= 15 is 0 Å². The fourth-order valence-electron chi connectivity index (χ4n) is 2.33. The van der Waals surface area contributed by atoms with Gasteiger partial charge in [0, 0.05) is 12.6 Å². The Bertz CT molecular complexity index is 370. The molecule has 3 nitrogen and oxygen atoms in total. The summed E-state index contributed by atoms with van der Waals surface area (Å²) in [5, 5.41) is 7.71. The van der Waals surface area contributed by atoms with Crippen LogP contribution in [0.1, 0.15) is 31.7 Å². The highest BCUT2D eigenvalue weighted by atomic mass is 15.2. The predicted octanol–water partition coefficient (Wildman–Crippen LogP) is 2.37. The molecule has 0 bridgehead atoms. The zero-order valence-electron chi connectivity index (χ0n) is 10.4. The maximum absolute atomic E-state index is 7.71. The largest absolute Gasteiger partial charge is 0.386 e. The fourth-order valence-corrected chi connectivity index (χ4v) is 2.33. The average molecular weight is 231 g/mol. The minimum atomic E-state index is 0.0997. The number of amidine groups is 1. The van der Waals surface area contributed by atoms with Gasteiger partial charge in [-0.25, -0.2) is 0 Å². The molecule has 1 aliphatic carbocycles. The summed E-state index contributed by atoms with van der Waals surface area (Å²) >= 11 is 0. The van der Waals surface area contributed by atoms with E-state index in [0.717, 1.165) is 13.0 Å². The quantitative estimate of drug-likeness (QED) is 0.583. The summed E-state index contributed by atoms with van der Waals surface area (Å²) < 4.78 is 0. The first-order chi connectivity index (χ1) is 8.22. The molecule has 92 valence electrons. The lowest BCUT2D eigenvalue weighted by atomic mass is 10.1. The van der Waals surface area contributed by atoms with Gasteiger partial charge in [0.2, 0.25) is 0 Å². The van der Waals surface area contributed by atoms with E-state index in [0.29, 0.717) is 11.9 Å². The van der Waals surface area contributed by atoms with Crippen LogP contribution in [0.5, 0.6) is 0 Å². The molecule has 1 aliphatic rings. The number of nitrogens with two attached hydrogens (primary N) is 1. The topological polar surface area (TPSA) is 53.1 Å². The molecule has 3 heteroatoms. The number of benzene rings is 1. The summed E-state index contributed by atoms with van der Waals surface area (Å²) in [6.07, 6.45) is 3.41. The number of hydrogen-bond donors (Lipinski definition) is 2. The van der Waals surface area contributed by atoms with E-state index in [1.807, 2.05) is 6.07 Å². The Hall–Kier alpha value is -1.35. The van der Waals surface area contributed by atoms with Gasteiger partial charge in [-0.3, -0.25) is 10.3 Å². The molecule has 1 aromatic carbocycles. The summed E-state index contributed by atoms with van der Waals surface area (Å²) in [5.41, 5.74) is 7.01. The van der Waals surface area contributed by atoms with Gasteiger partial charge in [-0.05, 0) is 24.8 Å². The molecule has 0 aliphatic heterocycles. The molecule has 2 rings (SSSR count). The molecule has 17 heavy (non-hydrogen) atoms. The molecule has 0 radical (unpaired) electrons. The SMILES string of the molecule is CCC(C(=N)N)N(Cc1ccccc1)C1CC1. The third-order valence-electron chi connectivity index (χ3n) is 3.37. The van der Waals surface area contributed by atoms with Crippen LogP contribution in [0.25, 0.3) is 0 Å². The molecular weight excluding hydrogens is 210 g/mol. The van der Waals surface area contributed by atoms with Gasteiger partial charge in [0.25, 0.3) is 0 Å². The maximum atomic E-state index is 7.71. The van der Waals surface area contributed by atoms with Crippen molar-refractivity contribution in [1.29, 1.82) is 5.41 Å². The molecule has 0 saturated heterocycles. The Kier molecular flexibility index (Phi) is 3.79. The first-order valence-electron chi connectivity index (χ1n) is 6.36. The molecule has 1 atom stereocenters. The second-order valence-electron chi connectivity index (χ2n) is 4.77. The number of rotatable bonds is 6. The van der Waals surface area contributed by atoms with Crippen LogP contribution in [0.4, 0.5) is 0 Å². The second kappa shape index (κ2) is 5.32. The standard InChI is InChI=1S/C14H21N3/c1-2-13(14(15)16)17(12-8-9-12)10-11-6-4-3-5-7-11/h3-7,12-13H,2,8-10H2,1H3,(H3,15,16).